The largest absolute Gasteiger partial charge is 0.390 e. The van der Waals surface area contributed by atoms with Gasteiger partial charge in [0.25, 0.3) is 0 Å². The molecular formula is C20H32O. The smallest absolute Gasteiger partial charge is 0.0687 e. The molecule has 1 nitrogen and oxygen atoms in total. The molecule has 1 spiro atoms. The lowest BCUT2D eigenvalue weighted by Crippen LogP contribution is -2.55. The lowest BCUT2D eigenvalue weighted by molar-refractivity contribution is -0.120. The van der Waals surface area contributed by atoms with Crippen molar-refractivity contribution in [3.8, 4) is 0 Å². The van der Waals surface area contributed by atoms with Gasteiger partial charge in [-0.1, -0.05) is 39.3 Å². The molecule has 4 aliphatic carbocycles. The van der Waals surface area contributed by atoms with E-state index in [9.17, 15) is 5.11 Å². The maximum absolute atomic E-state index is 10.8. The molecule has 1 heteroatoms. The maximum atomic E-state index is 10.8. The summed E-state index contributed by atoms with van der Waals surface area (Å²) in [6.07, 6.45) is 14.1. The van der Waals surface area contributed by atoms with Crippen LogP contribution < -0.4 is 0 Å². The summed E-state index contributed by atoms with van der Waals surface area (Å²) in [5.41, 5.74) is 0.905. The first-order valence-corrected chi connectivity index (χ1v) is 9.10. The lowest BCUT2D eigenvalue weighted by atomic mass is 9.42. The number of hydrogen-bond acceptors (Lipinski definition) is 1. The molecule has 0 saturated heterocycles. The Bertz CT molecular complexity index is 488. The van der Waals surface area contributed by atoms with Crippen LogP contribution in [0.25, 0.3) is 0 Å². The van der Waals surface area contributed by atoms with Crippen LogP contribution in [0.3, 0.4) is 0 Å². The molecule has 3 saturated carbocycles. The number of fused-ring (bicyclic) bond motifs is 3. The summed E-state index contributed by atoms with van der Waals surface area (Å²) in [5, 5.41) is 10.8. The molecule has 0 aromatic heterocycles. The number of rotatable bonds is 0. The van der Waals surface area contributed by atoms with E-state index < -0.39 is 5.60 Å². The Hall–Kier alpha value is -0.300. The topological polar surface area (TPSA) is 20.2 Å². The van der Waals surface area contributed by atoms with Crippen LogP contribution >= 0.6 is 0 Å². The third-order valence-corrected chi connectivity index (χ3v) is 8.25. The number of allylic oxidation sites excluding steroid dienone is 1. The van der Waals surface area contributed by atoms with Gasteiger partial charge in [0, 0.05) is 5.92 Å². The van der Waals surface area contributed by atoms with Gasteiger partial charge >= 0.3 is 0 Å². The van der Waals surface area contributed by atoms with E-state index in [1.807, 2.05) is 0 Å². The zero-order chi connectivity index (χ0) is 15.1. The molecule has 118 valence electrons. The molecular weight excluding hydrogens is 256 g/mol. The Morgan fingerprint density at radius 3 is 2.52 bits per heavy atom. The molecule has 4 aliphatic rings. The van der Waals surface area contributed by atoms with Gasteiger partial charge in [0.2, 0.25) is 0 Å². The maximum Gasteiger partial charge on any atom is 0.0687 e. The van der Waals surface area contributed by atoms with E-state index in [1.54, 1.807) is 0 Å². The summed E-state index contributed by atoms with van der Waals surface area (Å²) in [6, 6.07) is 0. The summed E-state index contributed by atoms with van der Waals surface area (Å²) < 4.78 is 0. The van der Waals surface area contributed by atoms with E-state index in [1.165, 1.54) is 38.5 Å². The molecule has 0 aliphatic heterocycles. The predicted octanol–water partition coefficient (Wildman–Crippen LogP) is 4.95. The van der Waals surface area contributed by atoms with Gasteiger partial charge in [-0.25, -0.2) is 0 Å². The highest BCUT2D eigenvalue weighted by molar-refractivity contribution is 5.24. The first-order chi connectivity index (χ1) is 9.70. The first kappa shape index (κ1) is 14.3. The molecule has 21 heavy (non-hydrogen) atoms. The summed E-state index contributed by atoms with van der Waals surface area (Å²) in [5.74, 6) is 1.97. The average Bonchev–Trinajstić information content (AvgIpc) is 2.53. The molecule has 3 fully saturated rings. The molecule has 6 atom stereocenters. The molecule has 0 unspecified atom stereocenters. The zero-order valence-corrected chi connectivity index (χ0v) is 14.3. The van der Waals surface area contributed by atoms with Crippen LogP contribution in [0.4, 0.5) is 0 Å². The van der Waals surface area contributed by atoms with Gasteiger partial charge in [0.05, 0.1) is 5.60 Å². The van der Waals surface area contributed by atoms with Crippen LogP contribution in [0.5, 0.6) is 0 Å². The summed E-state index contributed by atoms with van der Waals surface area (Å²) in [7, 11) is 0. The van der Waals surface area contributed by atoms with Crippen LogP contribution in [0.15, 0.2) is 12.2 Å². The quantitative estimate of drug-likeness (QED) is 0.626. The van der Waals surface area contributed by atoms with Crippen molar-refractivity contribution in [2.24, 2.45) is 34.0 Å². The molecule has 2 bridgehead atoms. The van der Waals surface area contributed by atoms with Crippen molar-refractivity contribution >= 4 is 0 Å². The highest BCUT2D eigenvalue weighted by Crippen LogP contribution is 2.71. The highest BCUT2D eigenvalue weighted by atomic mass is 16.3. The molecule has 0 radical (unpaired) electrons. The second-order valence-electron chi connectivity index (χ2n) is 10.0. The molecule has 0 aromatic carbocycles. The standard InChI is InChI=1S/C20H32O/c1-17(2)9-5-10-18(3)15(17)8-11-20-12-14(6-7-16(18)20)19(4,21)13-20/h6-7,14-16,21H,5,8-13H2,1-4H3/t14-,15-,16+,18-,19-,20+/m1/s1. The van der Waals surface area contributed by atoms with E-state index in [4.69, 9.17) is 0 Å². The second kappa shape index (κ2) is 3.96. The van der Waals surface area contributed by atoms with Gasteiger partial charge < -0.3 is 5.11 Å². The summed E-state index contributed by atoms with van der Waals surface area (Å²) in [6.45, 7) is 9.68. The van der Waals surface area contributed by atoms with Gasteiger partial charge in [-0.05, 0) is 73.5 Å². The Balaban J connectivity index is 1.77. The summed E-state index contributed by atoms with van der Waals surface area (Å²) >= 11 is 0. The average molecular weight is 288 g/mol. The zero-order valence-electron chi connectivity index (χ0n) is 14.3. The van der Waals surface area contributed by atoms with Crippen LogP contribution in [0.2, 0.25) is 0 Å². The van der Waals surface area contributed by atoms with Gasteiger partial charge in [0.15, 0.2) is 0 Å². The highest BCUT2D eigenvalue weighted by Gasteiger charge is 2.64. The van der Waals surface area contributed by atoms with Crippen molar-refractivity contribution in [3.05, 3.63) is 12.2 Å². The van der Waals surface area contributed by atoms with Crippen molar-refractivity contribution in [2.75, 3.05) is 0 Å². The molecule has 1 N–H and O–H groups in total. The third kappa shape index (κ3) is 1.73. The summed E-state index contributed by atoms with van der Waals surface area (Å²) in [4.78, 5) is 0. The molecule has 0 heterocycles. The number of aliphatic hydroxyl groups is 1. The van der Waals surface area contributed by atoms with Crippen molar-refractivity contribution in [3.63, 3.8) is 0 Å². The predicted molar refractivity (Wildman–Crippen MR) is 86.9 cm³/mol. The fourth-order valence-electron chi connectivity index (χ4n) is 7.49. The fraction of sp³-hybridized carbons (Fsp3) is 0.900. The van der Waals surface area contributed by atoms with Crippen LogP contribution in [0, 0.1) is 34.0 Å². The lowest BCUT2D eigenvalue weighted by Gasteiger charge is -2.62. The molecule has 0 amide bonds. The minimum Gasteiger partial charge on any atom is -0.390 e. The minimum absolute atomic E-state index is 0.404. The van der Waals surface area contributed by atoms with Crippen molar-refractivity contribution in [1.29, 1.82) is 0 Å². The minimum atomic E-state index is -0.460. The van der Waals surface area contributed by atoms with Gasteiger partial charge in [-0.2, -0.15) is 0 Å². The van der Waals surface area contributed by atoms with E-state index in [-0.39, 0.29) is 0 Å². The van der Waals surface area contributed by atoms with E-state index in [0.29, 0.717) is 28.1 Å². The Morgan fingerprint density at radius 2 is 1.76 bits per heavy atom. The fourth-order valence-corrected chi connectivity index (χ4v) is 7.49. The molecule has 0 aromatic rings. The third-order valence-electron chi connectivity index (χ3n) is 8.25. The van der Waals surface area contributed by atoms with Crippen molar-refractivity contribution < 1.29 is 5.11 Å². The first-order valence-electron chi connectivity index (χ1n) is 9.10. The van der Waals surface area contributed by atoms with Crippen LogP contribution in [-0.2, 0) is 0 Å². The van der Waals surface area contributed by atoms with Crippen LogP contribution in [-0.4, -0.2) is 10.7 Å². The van der Waals surface area contributed by atoms with E-state index in [0.717, 1.165) is 12.3 Å². The molecule has 4 rings (SSSR count). The van der Waals surface area contributed by atoms with E-state index in [2.05, 4.69) is 39.8 Å². The monoisotopic (exact) mass is 288 g/mol. The van der Waals surface area contributed by atoms with Crippen molar-refractivity contribution in [1.82, 2.24) is 0 Å². The normalized spacial score (nSPS) is 57.7. The Kier molecular flexibility index (Phi) is 2.70. The van der Waals surface area contributed by atoms with Gasteiger partial charge in [-0.15, -0.1) is 0 Å². The van der Waals surface area contributed by atoms with Gasteiger partial charge in [-0.3, -0.25) is 0 Å². The Labute approximate surface area is 130 Å². The van der Waals surface area contributed by atoms with Crippen molar-refractivity contribution in [2.45, 2.75) is 78.2 Å². The van der Waals surface area contributed by atoms with E-state index >= 15 is 0 Å². The SMILES string of the molecule is CC1(C)CCC[C@]2(C)[C@@H]1CC[C@@]13C[C@@H](C=C[C@H]12)[C@](C)(O)C3. The Morgan fingerprint density at radius 1 is 1.00 bits per heavy atom. The second-order valence-corrected chi connectivity index (χ2v) is 10.0. The van der Waals surface area contributed by atoms with Crippen LogP contribution in [0.1, 0.15) is 72.6 Å². The number of hydrogen-bond donors (Lipinski definition) is 1. The van der Waals surface area contributed by atoms with Gasteiger partial charge in [0.1, 0.15) is 0 Å².